The number of halogens is 1. The van der Waals surface area contributed by atoms with Crippen LogP contribution in [-0.4, -0.2) is 25.1 Å². The number of amides is 1. The van der Waals surface area contributed by atoms with Crippen molar-refractivity contribution >= 4 is 27.5 Å². The molecule has 0 aromatic heterocycles. The number of nitrogens with one attached hydrogen (secondary N) is 1. The lowest BCUT2D eigenvalue weighted by atomic mass is 10.1. The second kappa shape index (κ2) is 7.71. The van der Waals surface area contributed by atoms with Gasteiger partial charge in [-0.1, -0.05) is 47.1 Å². The molecule has 1 aliphatic heterocycles. The van der Waals surface area contributed by atoms with Crippen LogP contribution in [0.4, 0.5) is 5.69 Å². The van der Waals surface area contributed by atoms with Crippen molar-refractivity contribution in [3.05, 3.63) is 58.6 Å². The molecule has 2 aromatic carbocycles. The summed E-state index contributed by atoms with van der Waals surface area (Å²) in [6, 6.07) is 16.1. The molecule has 0 unspecified atom stereocenters. The third-order valence-corrected chi connectivity index (χ3v) is 4.52. The zero-order valence-corrected chi connectivity index (χ0v) is 15.3. The van der Waals surface area contributed by atoms with Gasteiger partial charge < -0.3 is 15.0 Å². The Bertz CT molecular complexity index is 703. The summed E-state index contributed by atoms with van der Waals surface area (Å²) in [6.07, 6.45) is 0.430. The van der Waals surface area contributed by atoms with Crippen LogP contribution in [0.1, 0.15) is 18.9 Å². The Balaban J connectivity index is 1.81. The number of carbonyl (C=O) groups is 1. The van der Waals surface area contributed by atoms with E-state index in [1.165, 1.54) is 5.56 Å². The van der Waals surface area contributed by atoms with Crippen LogP contribution < -0.4 is 15.0 Å². The second-order valence-corrected chi connectivity index (χ2v) is 6.79. The summed E-state index contributed by atoms with van der Waals surface area (Å²) in [7, 11) is 0. The lowest BCUT2D eigenvalue weighted by Crippen LogP contribution is -2.48. The van der Waals surface area contributed by atoms with Gasteiger partial charge in [-0.25, -0.2) is 0 Å². The molecule has 0 saturated heterocycles. The fraction of sp³-hybridized carbons (Fsp3) is 0.316. The number of anilines is 1. The first kappa shape index (κ1) is 16.8. The maximum absolute atomic E-state index is 12.3. The Hall–Kier alpha value is -2.01. The molecule has 0 aliphatic carbocycles. The molecule has 3 rings (SSSR count). The third-order valence-electron chi connectivity index (χ3n) is 3.99. The van der Waals surface area contributed by atoms with Gasteiger partial charge in [0.15, 0.2) is 6.10 Å². The average molecular weight is 389 g/mol. The van der Waals surface area contributed by atoms with Crippen molar-refractivity contribution in [3.8, 4) is 5.75 Å². The first-order valence-corrected chi connectivity index (χ1v) is 8.99. The van der Waals surface area contributed by atoms with Crippen LogP contribution in [0.25, 0.3) is 0 Å². The summed E-state index contributed by atoms with van der Waals surface area (Å²) in [4.78, 5) is 14.5. The van der Waals surface area contributed by atoms with Crippen molar-refractivity contribution in [1.29, 1.82) is 0 Å². The predicted molar refractivity (Wildman–Crippen MR) is 99.4 cm³/mol. The lowest BCUT2D eigenvalue weighted by molar-refractivity contribution is -0.127. The minimum atomic E-state index is -0.484. The van der Waals surface area contributed by atoms with Crippen molar-refractivity contribution in [2.24, 2.45) is 0 Å². The van der Waals surface area contributed by atoms with Crippen LogP contribution in [0, 0.1) is 0 Å². The Morgan fingerprint density at radius 2 is 2.00 bits per heavy atom. The summed E-state index contributed by atoms with van der Waals surface area (Å²) >= 11 is 3.46. The van der Waals surface area contributed by atoms with Gasteiger partial charge in [0.05, 0.1) is 12.2 Å². The summed E-state index contributed by atoms with van der Waals surface area (Å²) < 4.78 is 6.98. The number of hydrogen-bond acceptors (Lipinski definition) is 3. The van der Waals surface area contributed by atoms with Crippen LogP contribution in [0.15, 0.2) is 53.0 Å². The minimum absolute atomic E-state index is 0.0489. The monoisotopic (exact) mass is 388 g/mol. The number of nitrogens with zero attached hydrogens (tertiary/aromatic N) is 1. The standard InChI is InChI=1S/C19H21BrN2O2/c1-2-11-21-19(23)18-13-22(12-14-7-9-15(20)10-8-14)16-5-3-4-6-17(16)24-18/h3-10,18H,2,11-13H2,1H3,(H,21,23)/t18-/m1/s1. The SMILES string of the molecule is CCCNC(=O)[C@H]1CN(Cc2ccc(Br)cc2)c2ccccc2O1. The smallest absolute Gasteiger partial charge is 0.262 e. The maximum Gasteiger partial charge on any atom is 0.262 e. The molecule has 1 heterocycles. The highest BCUT2D eigenvalue weighted by Gasteiger charge is 2.30. The van der Waals surface area contributed by atoms with E-state index in [0.717, 1.165) is 28.9 Å². The maximum atomic E-state index is 12.3. The van der Waals surface area contributed by atoms with Gasteiger partial charge >= 0.3 is 0 Å². The van der Waals surface area contributed by atoms with E-state index >= 15 is 0 Å². The van der Waals surface area contributed by atoms with E-state index in [9.17, 15) is 4.79 Å². The zero-order valence-electron chi connectivity index (χ0n) is 13.7. The summed E-state index contributed by atoms with van der Waals surface area (Å²) in [6.45, 7) is 4.00. The van der Waals surface area contributed by atoms with Crippen LogP contribution in [0.5, 0.6) is 5.75 Å². The topological polar surface area (TPSA) is 41.6 Å². The molecule has 0 bridgehead atoms. The molecule has 1 amide bonds. The van der Waals surface area contributed by atoms with Gasteiger partial charge in [0.1, 0.15) is 5.75 Å². The highest BCUT2D eigenvalue weighted by Crippen LogP contribution is 2.34. The number of para-hydroxylation sites is 2. The Morgan fingerprint density at radius 3 is 2.75 bits per heavy atom. The molecule has 0 fully saturated rings. The molecule has 0 saturated carbocycles. The molecule has 126 valence electrons. The summed E-state index contributed by atoms with van der Waals surface area (Å²) in [5, 5.41) is 2.93. The van der Waals surface area contributed by atoms with Gasteiger partial charge in [-0.05, 0) is 36.2 Å². The van der Waals surface area contributed by atoms with Gasteiger partial charge in [0.25, 0.3) is 5.91 Å². The molecular weight excluding hydrogens is 368 g/mol. The lowest BCUT2D eigenvalue weighted by Gasteiger charge is -2.35. The van der Waals surface area contributed by atoms with Gasteiger partial charge in [-0.3, -0.25) is 4.79 Å². The van der Waals surface area contributed by atoms with Gasteiger partial charge in [0.2, 0.25) is 0 Å². The normalized spacial score (nSPS) is 16.2. The highest BCUT2D eigenvalue weighted by molar-refractivity contribution is 9.10. The minimum Gasteiger partial charge on any atom is -0.477 e. The molecule has 4 nitrogen and oxygen atoms in total. The van der Waals surface area contributed by atoms with Crippen molar-refractivity contribution in [1.82, 2.24) is 5.32 Å². The van der Waals surface area contributed by atoms with Crippen LogP contribution >= 0.6 is 15.9 Å². The van der Waals surface area contributed by atoms with E-state index in [-0.39, 0.29) is 5.91 Å². The first-order valence-electron chi connectivity index (χ1n) is 8.20. The molecule has 0 radical (unpaired) electrons. The second-order valence-electron chi connectivity index (χ2n) is 5.87. The number of ether oxygens (including phenoxy) is 1. The molecule has 2 aromatic rings. The van der Waals surface area contributed by atoms with E-state index in [4.69, 9.17) is 4.74 Å². The largest absolute Gasteiger partial charge is 0.477 e. The van der Waals surface area contributed by atoms with E-state index in [2.05, 4.69) is 38.3 Å². The van der Waals surface area contributed by atoms with E-state index in [1.54, 1.807) is 0 Å². The fourth-order valence-electron chi connectivity index (χ4n) is 2.77. The first-order chi connectivity index (χ1) is 11.7. The average Bonchev–Trinajstić information content (AvgIpc) is 2.61. The van der Waals surface area contributed by atoms with E-state index < -0.39 is 6.10 Å². The van der Waals surface area contributed by atoms with Gasteiger partial charge in [-0.2, -0.15) is 0 Å². The Morgan fingerprint density at radius 1 is 1.25 bits per heavy atom. The summed E-state index contributed by atoms with van der Waals surface area (Å²) in [5.41, 5.74) is 2.22. The van der Waals surface area contributed by atoms with E-state index in [1.807, 2.05) is 43.3 Å². The van der Waals surface area contributed by atoms with E-state index in [0.29, 0.717) is 13.1 Å². The number of fused-ring (bicyclic) bond motifs is 1. The third kappa shape index (κ3) is 3.90. The fourth-order valence-corrected chi connectivity index (χ4v) is 3.03. The molecule has 1 atom stereocenters. The van der Waals surface area contributed by atoms with Crippen molar-refractivity contribution < 1.29 is 9.53 Å². The van der Waals surface area contributed by atoms with Crippen molar-refractivity contribution in [2.45, 2.75) is 26.0 Å². The van der Waals surface area contributed by atoms with Gasteiger partial charge in [0, 0.05) is 17.6 Å². The molecule has 5 heteroatoms. The number of carbonyl (C=O) groups excluding carboxylic acids is 1. The molecule has 24 heavy (non-hydrogen) atoms. The van der Waals surface area contributed by atoms with Crippen LogP contribution in [0.3, 0.4) is 0 Å². The predicted octanol–water partition coefficient (Wildman–Crippen LogP) is 3.74. The summed E-state index contributed by atoms with van der Waals surface area (Å²) in [5.74, 6) is 0.713. The quantitative estimate of drug-likeness (QED) is 0.847. The van der Waals surface area contributed by atoms with Crippen molar-refractivity contribution in [2.75, 3.05) is 18.0 Å². The molecular formula is C19H21BrN2O2. The van der Waals surface area contributed by atoms with Crippen LogP contribution in [-0.2, 0) is 11.3 Å². The molecule has 0 spiro atoms. The Kier molecular flexibility index (Phi) is 5.41. The van der Waals surface area contributed by atoms with Crippen molar-refractivity contribution in [3.63, 3.8) is 0 Å². The molecule has 1 aliphatic rings. The number of benzene rings is 2. The number of hydrogen-bond donors (Lipinski definition) is 1. The molecule has 1 N–H and O–H groups in total. The van der Waals surface area contributed by atoms with Gasteiger partial charge in [-0.15, -0.1) is 0 Å². The Labute approximate surface area is 150 Å². The zero-order chi connectivity index (χ0) is 16.9. The van der Waals surface area contributed by atoms with Crippen LogP contribution in [0.2, 0.25) is 0 Å². The number of rotatable bonds is 5. The highest BCUT2D eigenvalue weighted by atomic mass is 79.9.